The molecule has 12 aromatic rings. The van der Waals surface area contributed by atoms with Gasteiger partial charge in [0.1, 0.15) is 0 Å². The molecular formula is C83H72BrLiOSi2. The second-order valence-corrected chi connectivity index (χ2v) is 33.2. The van der Waals surface area contributed by atoms with E-state index in [1.807, 2.05) is 0 Å². The fraction of sp³-hybridized carbons (Fsp3) is 0.120. The van der Waals surface area contributed by atoms with Crippen LogP contribution in [0.3, 0.4) is 0 Å². The Bertz CT molecular complexity index is 4090. The minimum atomic E-state index is -2.50. The minimum absolute atomic E-state index is 0. The van der Waals surface area contributed by atoms with Crippen molar-refractivity contribution in [1.29, 1.82) is 0 Å². The van der Waals surface area contributed by atoms with E-state index >= 15 is 0 Å². The molecule has 1 nitrogen and oxygen atoms in total. The van der Waals surface area contributed by atoms with Gasteiger partial charge in [-0.05, 0) is 149 Å². The summed E-state index contributed by atoms with van der Waals surface area (Å²) in [7, 11) is -5.00. The number of rotatable bonds is 11. The van der Waals surface area contributed by atoms with Crippen LogP contribution in [0.1, 0.15) is 86.5 Å². The zero-order valence-corrected chi connectivity index (χ0v) is 54.9. The Hall–Kier alpha value is -7.89. The monoisotopic (exact) mass is 1230 g/mol. The number of hydrogen-bond donors (Lipinski definition) is 0. The van der Waals surface area contributed by atoms with Crippen LogP contribution < -0.4 is 29.2 Å². The van der Waals surface area contributed by atoms with E-state index in [-0.39, 0.29) is 24.3 Å². The molecule has 15 rings (SSSR count). The molecule has 5 heteroatoms. The van der Waals surface area contributed by atoms with Gasteiger partial charge < -0.3 is 11.0 Å². The molecule has 0 aromatic heterocycles. The molecule has 3 aliphatic rings. The van der Waals surface area contributed by atoms with Gasteiger partial charge in [-0.3, -0.25) is 0 Å². The van der Waals surface area contributed by atoms with Crippen LogP contribution in [0.15, 0.2) is 314 Å². The van der Waals surface area contributed by atoms with Gasteiger partial charge in [0.25, 0.3) is 0 Å². The average Bonchev–Trinajstić information content (AvgIpc) is 1.58. The van der Waals surface area contributed by atoms with Crippen LogP contribution in [0.25, 0.3) is 33.4 Å². The van der Waals surface area contributed by atoms with Crippen LogP contribution in [-0.4, -0.2) is 16.6 Å². The predicted molar refractivity (Wildman–Crippen MR) is 375 cm³/mol. The standard InChI is InChI=1S/C54H46OSi2.C25H17Br.C4H9.Li/c1-56(2,43-33-35-47-45-29-17-19-31-49(45)53(51(47)37-43,39-21-9-5-10-22-39)40-23-11-6-12-24-40)55-57(3,4)44-34-36-48-46-30-18-20-32-50(46)54(52(48)38-44,41-25-13-7-14-26-41)42-27-15-8-16-28-42;26-20-15-16-22-21-13-7-8-14-23(21)25(24(22)17-20,18-9-3-1-4-10-18)19-11-5-2-6-12-19;1-3-4-2;/h5-38H,1-4H3;1-17H;1,3-4H2,2H3;/q;;-1;+1. The van der Waals surface area contributed by atoms with Gasteiger partial charge >= 0.3 is 18.9 Å². The van der Waals surface area contributed by atoms with Gasteiger partial charge in [0.15, 0.2) is 0 Å². The van der Waals surface area contributed by atoms with Crippen LogP contribution in [0.2, 0.25) is 26.2 Å². The second kappa shape index (κ2) is 24.9. The molecule has 0 N–H and O–H groups in total. The van der Waals surface area contributed by atoms with Crippen molar-refractivity contribution in [2.45, 2.75) is 62.2 Å². The van der Waals surface area contributed by atoms with Crippen molar-refractivity contribution < 1.29 is 23.0 Å². The van der Waals surface area contributed by atoms with Gasteiger partial charge in [-0.1, -0.05) is 327 Å². The van der Waals surface area contributed by atoms with E-state index in [0.29, 0.717) is 0 Å². The molecule has 0 radical (unpaired) electrons. The maximum atomic E-state index is 7.71. The van der Waals surface area contributed by atoms with E-state index in [0.717, 1.165) is 10.9 Å². The number of benzene rings is 12. The maximum Gasteiger partial charge on any atom is 1.00 e. The third kappa shape index (κ3) is 10.0. The molecule has 0 amide bonds. The van der Waals surface area contributed by atoms with Crippen molar-refractivity contribution in [2.24, 2.45) is 0 Å². The van der Waals surface area contributed by atoms with E-state index in [2.05, 4.69) is 365 Å². The predicted octanol–water partition coefficient (Wildman–Crippen LogP) is 17.4. The maximum absolute atomic E-state index is 7.71. The molecule has 88 heavy (non-hydrogen) atoms. The van der Waals surface area contributed by atoms with E-state index in [9.17, 15) is 0 Å². The smallest absolute Gasteiger partial charge is 0.449 e. The van der Waals surface area contributed by atoms with Gasteiger partial charge in [-0.15, -0.1) is 0 Å². The quantitative estimate of drug-likeness (QED) is 0.0926. The molecule has 3 aliphatic carbocycles. The average molecular weight is 1230 g/mol. The van der Waals surface area contributed by atoms with Crippen LogP contribution >= 0.6 is 15.9 Å². The van der Waals surface area contributed by atoms with Crippen molar-refractivity contribution in [3.05, 3.63) is 388 Å². The summed E-state index contributed by atoms with van der Waals surface area (Å²) < 4.78 is 8.82. The molecule has 0 heterocycles. The molecule has 0 atom stereocenters. The van der Waals surface area contributed by atoms with Crippen molar-refractivity contribution in [2.75, 3.05) is 0 Å². The van der Waals surface area contributed by atoms with Crippen molar-refractivity contribution >= 4 is 42.9 Å². The summed E-state index contributed by atoms with van der Waals surface area (Å²) in [6, 6.07) is 114. The Kier molecular flexibility index (Phi) is 17.1. The Morgan fingerprint density at radius 1 is 0.307 bits per heavy atom. The van der Waals surface area contributed by atoms with Gasteiger partial charge in [0.2, 0.25) is 16.6 Å². The number of halogens is 1. The van der Waals surface area contributed by atoms with E-state index in [1.54, 1.807) is 0 Å². The summed E-state index contributed by atoms with van der Waals surface area (Å²) >= 11 is 3.71. The van der Waals surface area contributed by atoms with Crippen LogP contribution in [0, 0.1) is 6.92 Å². The number of fused-ring (bicyclic) bond motifs is 9. The number of hydrogen-bond acceptors (Lipinski definition) is 1. The summed E-state index contributed by atoms with van der Waals surface area (Å²) in [5.41, 5.74) is 22.5. The van der Waals surface area contributed by atoms with E-state index in [4.69, 9.17) is 4.12 Å². The first-order valence-electron chi connectivity index (χ1n) is 30.7. The molecule has 0 fully saturated rings. The first kappa shape index (κ1) is 60.4. The van der Waals surface area contributed by atoms with Crippen molar-refractivity contribution in [3.63, 3.8) is 0 Å². The SMILES string of the molecule is Brc1ccc2c(c1)C(c1ccccc1)(c1ccccc1)c1ccccc1-2.C[Si](C)(O[Si](C)(C)c1ccc2c(c1)C(c1ccccc1)(c1ccccc1)c1ccccc1-2)c1ccc2c(c1)C(c1ccccc1)(c1ccccc1)c1ccccc1-2.[CH2-]CCC.[Li+]. The first-order chi connectivity index (χ1) is 42.5. The summed E-state index contributed by atoms with van der Waals surface area (Å²) in [5, 5.41) is 2.64. The molecule has 0 aliphatic heterocycles. The Morgan fingerprint density at radius 2 is 0.534 bits per heavy atom. The molecule has 0 saturated carbocycles. The summed E-state index contributed by atoms with van der Waals surface area (Å²) in [5.74, 6) is 0. The van der Waals surface area contributed by atoms with Crippen LogP contribution in [0.5, 0.6) is 0 Å². The van der Waals surface area contributed by atoms with E-state index < -0.39 is 27.5 Å². The summed E-state index contributed by atoms with van der Waals surface area (Å²) in [4.78, 5) is 0. The van der Waals surface area contributed by atoms with Gasteiger partial charge in [-0.2, -0.15) is 6.42 Å². The molecular weight excluding hydrogens is 1160 g/mol. The number of unbranched alkanes of at least 4 members (excludes halogenated alkanes) is 1. The molecule has 0 bridgehead atoms. The zero-order valence-electron chi connectivity index (χ0n) is 51.4. The minimum Gasteiger partial charge on any atom is -0.449 e. The second-order valence-electron chi connectivity index (χ2n) is 24.3. The molecule has 426 valence electrons. The molecule has 12 aromatic carbocycles. The Morgan fingerprint density at radius 3 is 0.807 bits per heavy atom. The third-order valence-electron chi connectivity index (χ3n) is 18.6. The topological polar surface area (TPSA) is 9.23 Å². The molecule has 0 saturated heterocycles. The Labute approximate surface area is 544 Å². The Balaban J connectivity index is 0.000000202. The molecule has 0 unspecified atom stereocenters. The molecule has 0 spiro atoms. The van der Waals surface area contributed by atoms with Crippen LogP contribution in [0.4, 0.5) is 0 Å². The van der Waals surface area contributed by atoms with Gasteiger partial charge in [0.05, 0.1) is 16.2 Å². The largest absolute Gasteiger partial charge is 1.00 e. The van der Waals surface area contributed by atoms with Crippen LogP contribution in [-0.2, 0) is 20.4 Å². The van der Waals surface area contributed by atoms with E-state index in [1.165, 1.54) is 117 Å². The summed E-state index contributed by atoms with van der Waals surface area (Å²) in [6.07, 6.45) is 2.28. The normalized spacial score (nSPS) is 13.9. The third-order valence-corrected chi connectivity index (χ3v) is 26.6. The fourth-order valence-electron chi connectivity index (χ4n) is 14.8. The van der Waals surface area contributed by atoms with Crippen molar-refractivity contribution in [1.82, 2.24) is 0 Å². The zero-order chi connectivity index (χ0) is 59.8. The fourth-order valence-corrected chi connectivity index (χ4v) is 23.2. The summed E-state index contributed by atoms with van der Waals surface area (Å²) in [6.45, 7) is 15.3. The van der Waals surface area contributed by atoms with Gasteiger partial charge in [-0.25, -0.2) is 0 Å². The van der Waals surface area contributed by atoms with Gasteiger partial charge in [0, 0.05) is 4.47 Å². The van der Waals surface area contributed by atoms with Crippen molar-refractivity contribution in [3.8, 4) is 33.4 Å². The first-order valence-corrected chi connectivity index (χ1v) is 37.3.